The molecule has 0 saturated carbocycles. The van der Waals surface area contributed by atoms with E-state index in [1.807, 2.05) is 0 Å². The largest absolute Gasteiger partial charge is 0.370 e. The van der Waals surface area contributed by atoms with Crippen molar-refractivity contribution in [2.45, 2.75) is 19.9 Å². The van der Waals surface area contributed by atoms with Gasteiger partial charge in [0, 0.05) is 7.05 Å². The molecular weight excluding hydrogens is 265 g/mol. The zero-order valence-electron chi connectivity index (χ0n) is 11.3. The standard InChI is InChI=1S/C12H14FN5O2/c1-7-4-10(11(18(19)20)5-9(7)13)15-8(2)12-16-14-6-17(12)3/h4-6,8,15H,1-3H3. The Bertz CT molecular complexity index is 655. The summed E-state index contributed by atoms with van der Waals surface area (Å²) < 4.78 is 15.1. The van der Waals surface area contributed by atoms with Crippen LogP contribution in [0.5, 0.6) is 0 Å². The number of nitrogens with zero attached hydrogens (tertiary/aromatic N) is 4. The van der Waals surface area contributed by atoms with Crippen molar-refractivity contribution in [1.82, 2.24) is 14.8 Å². The van der Waals surface area contributed by atoms with Crippen LogP contribution < -0.4 is 5.32 Å². The molecule has 0 saturated heterocycles. The molecule has 0 aliphatic heterocycles. The predicted octanol–water partition coefficient (Wildman–Crippen LogP) is 2.34. The Hall–Kier alpha value is -2.51. The molecule has 7 nitrogen and oxygen atoms in total. The highest BCUT2D eigenvalue weighted by Gasteiger charge is 2.20. The van der Waals surface area contributed by atoms with Crippen LogP contribution in [0.15, 0.2) is 18.5 Å². The van der Waals surface area contributed by atoms with Crippen LogP contribution in [0.3, 0.4) is 0 Å². The first-order valence-electron chi connectivity index (χ1n) is 5.95. The van der Waals surface area contributed by atoms with Crippen LogP contribution in [0.2, 0.25) is 0 Å². The van der Waals surface area contributed by atoms with Gasteiger partial charge in [-0.25, -0.2) is 4.39 Å². The molecule has 1 atom stereocenters. The van der Waals surface area contributed by atoms with Gasteiger partial charge in [-0.05, 0) is 25.5 Å². The summed E-state index contributed by atoms with van der Waals surface area (Å²) in [6.07, 6.45) is 1.54. The molecule has 0 radical (unpaired) electrons. The fourth-order valence-electron chi connectivity index (χ4n) is 1.92. The van der Waals surface area contributed by atoms with E-state index in [1.165, 1.54) is 12.4 Å². The number of hydrogen-bond donors (Lipinski definition) is 1. The lowest BCUT2D eigenvalue weighted by molar-refractivity contribution is -0.384. The number of anilines is 1. The molecule has 0 spiro atoms. The molecule has 0 fully saturated rings. The first-order chi connectivity index (χ1) is 9.40. The minimum atomic E-state index is -0.617. The summed E-state index contributed by atoms with van der Waals surface area (Å²) in [5.74, 6) is 0.0230. The van der Waals surface area contributed by atoms with Crippen LogP contribution in [0.4, 0.5) is 15.8 Å². The normalized spacial score (nSPS) is 12.2. The van der Waals surface area contributed by atoms with Gasteiger partial charge in [0.05, 0.1) is 17.0 Å². The highest BCUT2D eigenvalue weighted by atomic mass is 19.1. The Labute approximate surface area is 114 Å². The number of nitro groups is 1. The zero-order chi connectivity index (χ0) is 14.9. The first-order valence-corrected chi connectivity index (χ1v) is 5.95. The second kappa shape index (κ2) is 5.24. The molecule has 2 aromatic rings. The molecule has 1 N–H and O–H groups in total. The number of aromatic nitrogens is 3. The summed E-state index contributed by atoms with van der Waals surface area (Å²) in [7, 11) is 1.78. The third kappa shape index (κ3) is 2.58. The average Bonchev–Trinajstić information content (AvgIpc) is 2.79. The summed E-state index contributed by atoms with van der Waals surface area (Å²) in [6, 6.07) is 2.03. The smallest absolute Gasteiger partial charge is 0.295 e. The lowest BCUT2D eigenvalue weighted by atomic mass is 10.1. The summed E-state index contributed by atoms with van der Waals surface area (Å²) >= 11 is 0. The van der Waals surface area contributed by atoms with Crippen LogP contribution >= 0.6 is 0 Å². The average molecular weight is 279 g/mol. The van der Waals surface area contributed by atoms with E-state index in [2.05, 4.69) is 15.5 Å². The molecular formula is C12H14FN5O2. The van der Waals surface area contributed by atoms with E-state index >= 15 is 0 Å². The van der Waals surface area contributed by atoms with Crippen molar-refractivity contribution in [1.29, 1.82) is 0 Å². The van der Waals surface area contributed by atoms with Crippen LogP contribution in [0.1, 0.15) is 24.4 Å². The third-order valence-corrected chi connectivity index (χ3v) is 2.98. The predicted molar refractivity (Wildman–Crippen MR) is 70.8 cm³/mol. The number of aryl methyl sites for hydroxylation is 2. The van der Waals surface area contributed by atoms with Crippen molar-refractivity contribution < 1.29 is 9.31 Å². The van der Waals surface area contributed by atoms with Gasteiger partial charge >= 0.3 is 0 Å². The van der Waals surface area contributed by atoms with E-state index < -0.39 is 10.7 Å². The van der Waals surface area contributed by atoms with Gasteiger partial charge in [-0.1, -0.05) is 0 Å². The van der Waals surface area contributed by atoms with Gasteiger partial charge in [0.15, 0.2) is 5.82 Å². The number of nitro benzene ring substituents is 1. The van der Waals surface area contributed by atoms with E-state index in [0.29, 0.717) is 11.4 Å². The molecule has 0 amide bonds. The summed E-state index contributed by atoms with van der Waals surface area (Å²) in [5, 5.41) is 21.6. The summed E-state index contributed by atoms with van der Waals surface area (Å²) in [6.45, 7) is 3.35. The number of benzene rings is 1. The molecule has 0 aliphatic carbocycles. The van der Waals surface area contributed by atoms with Crippen molar-refractivity contribution in [2.75, 3.05) is 5.32 Å². The van der Waals surface area contributed by atoms with Gasteiger partial charge in [0.25, 0.3) is 5.69 Å². The third-order valence-electron chi connectivity index (χ3n) is 2.98. The van der Waals surface area contributed by atoms with E-state index in [-0.39, 0.29) is 17.4 Å². The molecule has 1 aromatic heterocycles. The van der Waals surface area contributed by atoms with Gasteiger partial charge in [0.2, 0.25) is 0 Å². The van der Waals surface area contributed by atoms with Gasteiger partial charge in [-0.3, -0.25) is 10.1 Å². The van der Waals surface area contributed by atoms with Crippen LogP contribution in [0.25, 0.3) is 0 Å². The number of halogens is 1. The lowest BCUT2D eigenvalue weighted by Crippen LogP contribution is -2.13. The summed E-state index contributed by atoms with van der Waals surface area (Å²) in [5.41, 5.74) is 0.287. The maximum atomic E-state index is 13.4. The van der Waals surface area contributed by atoms with Crippen molar-refractivity contribution in [2.24, 2.45) is 7.05 Å². The topological polar surface area (TPSA) is 85.9 Å². The molecule has 20 heavy (non-hydrogen) atoms. The van der Waals surface area contributed by atoms with Crippen LogP contribution in [0, 0.1) is 22.9 Å². The minimum Gasteiger partial charge on any atom is -0.370 e. The Morgan fingerprint density at radius 1 is 1.50 bits per heavy atom. The molecule has 1 aromatic carbocycles. The Morgan fingerprint density at radius 3 is 2.75 bits per heavy atom. The SMILES string of the molecule is Cc1cc(NC(C)c2nncn2C)c([N+](=O)[O-])cc1F. The highest BCUT2D eigenvalue weighted by Crippen LogP contribution is 2.30. The molecule has 0 aliphatic rings. The van der Waals surface area contributed by atoms with E-state index in [9.17, 15) is 14.5 Å². The number of rotatable bonds is 4. The van der Waals surface area contributed by atoms with Crippen molar-refractivity contribution >= 4 is 11.4 Å². The maximum Gasteiger partial charge on any atom is 0.295 e. The fourth-order valence-corrected chi connectivity index (χ4v) is 1.92. The number of nitrogens with one attached hydrogen (secondary N) is 1. The molecule has 106 valence electrons. The van der Waals surface area contributed by atoms with Crippen LogP contribution in [-0.4, -0.2) is 19.7 Å². The first kappa shape index (κ1) is 13.9. The molecule has 8 heteroatoms. The molecule has 1 heterocycles. The van der Waals surface area contributed by atoms with E-state index in [1.54, 1.807) is 25.5 Å². The molecule has 1 unspecified atom stereocenters. The van der Waals surface area contributed by atoms with E-state index in [0.717, 1.165) is 6.07 Å². The Balaban J connectivity index is 2.36. The second-order valence-electron chi connectivity index (χ2n) is 4.54. The number of hydrogen-bond acceptors (Lipinski definition) is 5. The van der Waals surface area contributed by atoms with Gasteiger partial charge in [-0.15, -0.1) is 10.2 Å². The highest BCUT2D eigenvalue weighted by molar-refractivity contribution is 5.63. The van der Waals surface area contributed by atoms with Crippen molar-refractivity contribution in [3.05, 3.63) is 45.8 Å². The Morgan fingerprint density at radius 2 is 2.20 bits per heavy atom. The van der Waals surface area contributed by atoms with Gasteiger partial charge in [0.1, 0.15) is 17.8 Å². The molecule has 2 rings (SSSR count). The molecule has 0 bridgehead atoms. The van der Waals surface area contributed by atoms with Crippen molar-refractivity contribution in [3.63, 3.8) is 0 Å². The van der Waals surface area contributed by atoms with Crippen molar-refractivity contribution in [3.8, 4) is 0 Å². The minimum absolute atomic E-state index is 0.254. The monoisotopic (exact) mass is 279 g/mol. The fraction of sp³-hybridized carbons (Fsp3) is 0.333. The lowest BCUT2D eigenvalue weighted by Gasteiger charge is -2.15. The summed E-state index contributed by atoms with van der Waals surface area (Å²) in [4.78, 5) is 10.4. The van der Waals surface area contributed by atoms with Gasteiger partial charge < -0.3 is 9.88 Å². The van der Waals surface area contributed by atoms with E-state index in [4.69, 9.17) is 0 Å². The maximum absolute atomic E-state index is 13.4. The van der Waals surface area contributed by atoms with Gasteiger partial charge in [-0.2, -0.15) is 0 Å². The van der Waals surface area contributed by atoms with Crippen LogP contribution in [-0.2, 0) is 7.05 Å². The zero-order valence-corrected chi connectivity index (χ0v) is 11.3. The quantitative estimate of drug-likeness (QED) is 0.685. The second-order valence-corrected chi connectivity index (χ2v) is 4.54. The Kier molecular flexibility index (Phi) is 3.64.